The van der Waals surface area contributed by atoms with Crippen LogP contribution in [0.3, 0.4) is 0 Å². The van der Waals surface area contributed by atoms with Crippen molar-refractivity contribution in [3.8, 4) is 0 Å². The minimum atomic E-state index is -0.227. The molecule has 3 heterocycles. The number of thioether (sulfide) groups is 1. The van der Waals surface area contributed by atoms with Crippen LogP contribution in [0.5, 0.6) is 0 Å². The van der Waals surface area contributed by atoms with Crippen LogP contribution in [0.25, 0.3) is 5.78 Å². The Bertz CT molecular complexity index is 924. The fourth-order valence-corrected chi connectivity index (χ4v) is 3.76. The van der Waals surface area contributed by atoms with Crippen LogP contribution in [-0.4, -0.2) is 62.3 Å². The summed E-state index contributed by atoms with van der Waals surface area (Å²) < 4.78 is 15.6. The second-order valence-electron chi connectivity index (χ2n) is 5.88. The van der Waals surface area contributed by atoms with E-state index in [9.17, 15) is 9.18 Å². The number of carbonyl (C=O) groups excluding carboxylic acids is 1. The number of rotatable bonds is 4. The second-order valence-corrected chi connectivity index (χ2v) is 6.82. The van der Waals surface area contributed by atoms with Gasteiger partial charge in [0.2, 0.25) is 5.91 Å². The van der Waals surface area contributed by atoms with Crippen molar-refractivity contribution in [2.75, 3.05) is 36.8 Å². The zero-order valence-corrected chi connectivity index (χ0v) is 14.8. The van der Waals surface area contributed by atoms with Gasteiger partial charge in [0.1, 0.15) is 5.82 Å². The van der Waals surface area contributed by atoms with Crippen LogP contribution >= 0.6 is 11.8 Å². The third-order valence-corrected chi connectivity index (χ3v) is 5.24. The molecule has 26 heavy (non-hydrogen) atoms. The number of hydrogen-bond donors (Lipinski definition) is 0. The lowest BCUT2D eigenvalue weighted by molar-refractivity contribution is -0.128. The summed E-state index contributed by atoms with van der Waals surface area (Å²) in [6.07, 6.45) is 3.47. The molecule has 0 saturated carbocycles. The first-order chi connectivity index (χ1) is 12.7. The fraction of sp³-hybridized carbons (Fsp3) is 0.294. The van der Waals surface area contributed by atoms with E-state index in [1.54, 1.807) is 28.8 Å². The molecule has 2 aromatic heterocycles. The molecular weight excluding hydrogens is 355 g/mol. The normalized spacial score (nSPS) is 14.8. The van der Waals surface area contributed by atoms with Crippen LogP contribution in [0.15, 0.2) is 47.9 Å². The number of para-hydroxylation sites is 1. The largest absolute Gasteiger partial charge is 0.366 e. The molecule has 0 N–H and O–H groups in total. The maximum Gasteiger partial charge on any atom is 0.255 e. The number of anilines is 1. The van der Waals surface area contributed by atoms with E-state index in [4.69, 9.17) is 0 Å². The van der Waals surface area contributed by atoms with Crippen molar-refractivity contribution in [3.63, 3.8) is 0 Å². The molecule has 0 aliphatic carbocycles. The number of halogens is 1. The maximum atomic E-state index is 13.9. The molecule has 3 aromatic rings. The molecule has 1 amide bonds. The number of piperazine rings is 1. The maximum absolute atomic E-state index is 13.9. The highest BCUT2D eigenvalue weighted by Crippen LogP contribution is 2.21. The molecule has 0 atom stereocenters. The topological polar surface area (TPSA) is 66.6 Å². The Balaban J connectivity index is 1.33. The Morgan fingerprint density at radius 3 is 2.73 bits per heavy atom. The number of carbonyl (C=O) groups is 1. The standard InChI is InChI=1S/C17H17FN6OS/c18-13-4-1-2-5-14(13)22-8-10-23(11-9-22)15(25)12-26-17-21-20-16-19-6-3-7-24(16)17/h1-7H,8-12H2. The Morgan fingerprint density at radius 2 is 1.92 bits per heavy atom. The van der Waals surface area contributed by atoms with Gasteiger partial charge < -0.3 is 9.80 Å². The molecule has 1 aliphatic rings. The van der Waals surface area contributed by atoms with Gasteiger partial charge in [-0.1, -0.05) is 23.9 Å². The third kappa shape index (κ3) is 3.34. The number of nitrogens with zero attached hydrogens (tertiary/aromatic N) is 6. The lowest BCUT2D eigenvalue weighted by Gasteiger charge is -2.36. The van der Waals surface area contributed by atoms with Crippen LogP contribution in [-0.2, 0) is 4.79 Å². The molecular formula is C17H17FN6OS. The molecule has 0 radical (unpaired) electrons. The minimum absolute atomic E-state index is 0.0452. The number of aromatic nitrogens is 4. The first-order valence-electron chi connectivity index (χ1n) is 8.28. The van der Waals surface area contributed by atoms with Crippen LogP contribution < -0.4 is 4.90 Å². The van der Waals surface area contributed by atoms with Gasteiger partial charge in [-0.05, 0) is 18.2 Å². The first-order valence-corrected chi connectivity index (χ1v) is 9.27. The van der Waals surface area contributed by atoms with Gasteiger partial charge in [0, 0.05) is 38.6 Å². The zero-order chi connectivity index (χ0) is 17.9. The predicted octanol–water partition coefficient (Wildman–Crippen LogP) is 1.70. The average molecular weight is 372 g/mol. The predicted molar refractivity (Wildman–Crippen MR) is 96.7 cm³/mol. The lowest BCUT2D eigenvalue weighted by Crippen LogP contribution is -2.49. The fourth-order valence-electron chi connectivity index (χ4n) is 2.94. The van der Waals surface area contributed by atoms with Gasteiger partial charge in [-0.15, -0.1) is 10.2 Å². The van der Waals surface area contributed by atoms with E-state index in [1.807, 2.05) is 22.1 Å². The molecule has 0 unspecified atom stereocenters. The zero-order valence-electron chi connectivity index (χ0n) is 14.0. The van der Waals surface area contributed by atoms with Crippen LogP contribution in [0, 0.1) is 5.82 Å². The summed E-state index contributed by atoms with van der Waals surface area (Å²) in [7, 11) is 0. The van der Waals surface area contributed by atoms with E-state index in [2.05, 4.69) is 15.2 Å². The van der Waals surface area contributed by atoms with E-state index < -0.39 is 0 Å². The summed E-state index contributed by atoms with van der Waals surface area (Å²) in [6, 6.07) is 8.53. The molecule has 0 bridgehead atoms. The summed E-state index contributed by atoms with van der Waals surface area (Å²) in [6.45, 7) is 2.40. The molecule has 1 aliphatic heterocycles. The minimum Gasteiger partial charge on any atom is -0.366 e. The summed E-state index contributed by atoms with van der Waals surface area (Å²) in [4.78, 5) is 20.4. The molecule has 1 aromatic carbocycles. The van der Waals surface area contributed by atoms with Crippen molar-refractivity contribution in [1.29, 1.82) is 0 Å². The summed E-state index contributed by atoms with van der Waals surface area (Å²) in [5.74, 6) is 0.620. The number of benzene rings is 1. The van der Waals surface area contributed by atoms with Crippen molar-refractivity contribution in [2.45, 2.75) is 5.16 Å². The number of hydrogen-bond acceptors (Lipinski definition) is 6. The average Bonchev–Trinajstić information content (AvgIpc) is 3.10. The summed E-state index contributed by atoms with van der Waals surface area (Å²) in [5.41, 5.74) is 0.594. The molecule has 4 rings (SSSR count). The smallest absolute Gasteiger partial charge is 0.255 e. The quantitative estimate of drug-likeness (QED) is 0.650. The van der Waals surface area contributed by atoms with Crippen LogP contribution in [0.2, 0.25) is 0 Å². The molecule has 1 saturated heterocycles. The molecule has 0 spiro atoms. The van der Waals surface area contributed by atoms with Crippen molar-refractivity contribution in [2.24, 2.45) is 0 Å². The van der Waals surface area contributed by atoms with Crippen molar-refractivity contribution in [3.05, 3.63) is 48.5 Å². The highest BCUT2D eigenvalue weighted by atomic mass is 32.2. The Hall–Kier alpha value is -2.68. The van der Waals surface area contributed by atoms with Crippen molar-refractivity contribution < 1.29 is 9.18 Å². The van der Waals surface area contributed by atoms with Gasteiger partial charge >= 0.3 is 0 Å². The van der Waals surface area contributed by atoms with E-state index in [0.29, 0.717) is 42.8 Å². The van der Waals surface area contributed by atoms with E-state index in [1.165, 1.54) is 17.8 Å². The third-order valence-electron chi connectivity index (χ3n) is 4.31. The Labute approximate surface area is 153 Å². The molecule has 7 nitrogen and oxygen atoms in total. The Kier molecular flexibility index (Phi) is 4.70. The molecule has 9 heteroatoms. The Morgan fingerprint density at radius 1 is 1.12 bits per heavy atom. The summed E-state index contributed by atoms with van der Waals surface area (Å²) in [5, 5.41) is 8.69. The van der Waals surface area contributed by atoms with Gasteiger partial charge in [0.15, 0.2) is 5.16 Å². The molecule has 1 fully saturated rings. The lowest BCUT2D eigenvalue weighted by atomic mass is 10.2. The van der Waals surface area contributed by atoms with Gasteiger partial charge in [-0.2, -0.15) is 0 Å². The SMILES string of the molecule is O=C(CSc1nnc2ncccn12)N1CCN(c2ccccc2F)CC1. The highest BCUT2D eigenvalue weighted by molar-refractivity contribution is 7.99. The van der Waals surface area contributed by atoms with Gasteiger partial charge in [-0.25, -0.2) is 9.37 Å². The number of fused-ring (bicyclic) bond motifs is 1. The number of amides is 1. The van der Waals surface area contributed by atoms with Crippen LogP contribution in [0.1, 0.15) is 0 Å². The van der Waals surface area contributed by atoms with E-state index in [-0.39, 0.29) is 17.5 Å². The van der Waals surface area contributed by atoms with Gasteiger partial charge in [-0.3, -0.25) is 9.20 Å². The van der Waals surface area contributed by atoms with Gasteiger partial charge in [0.25, 0.3) is 5.78 Å². The molecule has 134 valence electrons. The van der Waals surface area contributed by atoms with Crippen molar-refractivity contribution >= 4 is 29.1 Å². The summed E-state index contributed by atoms with van der Waals surface area (Å²) >= 11 is 1.34. The van der Waals surface area contributed by atoms with E-state index in [0.717, 1.165) is 0 Å². The first kappa shape index (κ1) is 16.8. The van der Waals surface area contributed by atoms with Crippen LogP contribution in [0.4, 0.5) is 10.1 Å². The highest BCUT2D eigenvalue weighted by Gasteiger charge is 2.23. The van der Waals surface area contributed by atoms with Gasteiger partial charge in [0.05, 0.1) is 11.4 Å². The van der Waals surface area contributed by atoms with E-state index >= 15 is 0 Å². The monoisotopic (exact) mass is 372 g/mol. The van der Waals surface area contributed by atoms with Crippen molar-refractivity contribution in [1.82, 2.24) is 24.5 Å². The second kappa shape index (κ2) is 7.28.